The van der Waals surface area contributed by atoms with E-state index < -0.39 is 6.10 Å². The van der Waals surface area contributed by atoms with Gasteiger partial charge in [0.25, 0.3) is 5.91 Å². The molecule has 8 heteroatoms. The lowest BCUT2D eigenvalue weighted by atomic mass is 10.0. The van der Waals surface area contributed by atoms with Crippen molar-refractivity contribution in [3.05, 3.63) is 29.1 Å². The standard InChI is InChI=1S/C13H16N4O3S/c1-8-6-10(16-20-8)12(19)15-9-2-4-17(7-11(9)18)13-14-3-5-21-13/h3,5-6,9,11,18H,2,4,7H2,1H3,(H,15,19)/t9-,11-/m1/s1. The summed E-state index contributed by atoms with van der Waals surface area (Å²) in [4.78, 5) is 18.3. The van der Waals surface area contributed by atoms with Crippen molar-refractivity contribution >= 4 is 22.4 Å². The summed E-state index contributed by atoms with van der Waals surface area (Å²) in [5.41, 5.74) is 0.238. The van der Waals surface area contributed by atoms with Gasteiger partial charge in [0.2, 0.25) is 0 Å². The Hall–Kier alpha value is -1.93. The van der Waals surface area contributed by atoms with Crippen LogP contribution >= 0.6 is 11.3 Å². The number of aromatic nitrogens is 2. The summed E-state index contributed by atoms with van der Waals surface area (Å²) < 4.78 is 4.88. The molecule has 0 radical (unpaired) electrons. The van der Waals surface area contributed by atoms with Crippen LogP contribution in [0, 0.1) is 6.92 Å². The quantitative estimate of drug-likeness (QED) is 0.872. The number of β-amino-alcohol motifs (C(OH)–C–C–N with tert-alkyl or cyclic N) is 1. The van der Waals surface area contributed by atoms with Crippen LogP contribution in [-0.2, 0) is 0 Å². The SMILES string of the molecule is Cc1cc(C(=O)N[C@@H]2CCN(c3nccs3)C[C@H]2O)no1. The summed E-state index contributed by atoms with van der Waals surface area (Å²) in [7, 11) is 0. The Labute approximate surface area is 125 Å². The minimum Gasteiger partial charge on any atom is -0.389 e. The van der Waals surface area contributed by atoms with Crippen LogP contribution in [0.4, 0.5) is 5.13 Å². The molecule has 2 N–H and O–H groups in total. The molecule has 7 nitrogen and oxygen atoms in total. The molecule has 0 aromatic carbocycles. The molecule has 21 heavy (non-hydrogen) atoms. The van der Waals surface area contributed by atoms with Crippen LogP contribution in [0.2, 0.25) is 0 Å². The third-order valence-electron chi connectivity index (χ3n) is 3.45. The molecule has 2 aromatic heterocycles. The van der Waals surface area contributed by atoms with Crippen LogP contribution in [0.3, 0.4) is 0 Å². The molecule has 1 fully saturated rings. The molecule has 0 aliphatic carbocycles. The maximum absolute atomic E-state index is 12.0. The number of aliphatic hydroxyl groups excluding tert-OH is 1. The van der Waals surface area contributed by atoms with Gasteiger partial charge in [-0.05, 0) is 13.3 Å². The number of aryl methyl sites for hydroxylation is 1. The Morgan fingerprint density at radius 2 is 2.48 bits per heavy atom. The molecule has 1 aliphatic heterocycles. The Kier molecular flexibility index (Phi) is 3.89. The molecule has 2 aromatic rings. The number of carbonyl (C=O) groups excluding carboxylic acids is 1. The summed E-state index contributed by atoms with van der Waals surface area (Å²) in [6, 6.07) is 1.29. The molecule has 0 unspecified atom stereocenters. The van der Waals surface area contributed by atoms with E-state index in [1.165, 1.54) is 0 Å². The van der Waals surface area contributed by atoms with E-state index in [0.29, 0.717) is 18.7 Å². The number of anilines is 1. The van der Waals surface area contributed by atoms with Crippen LogP contribution in [-0.4, -0.2) is 46.4 Å². The molecule has 1 amide bonds. The van der Waals surface area contributed by atoms with Gasteiger partial charge in [0.1, 0.15) is 5.76 Å². The molecule has 0 saturated carbocycles. The first-order valence-corrected chi connectivity index (χ1v) is 7.58. The van der Waals surface area contributed by atoms with Crippen molar-refractivity contribution in [2.75, 3.05) is 18.0 Å². The third-order valence-corrected chi connectivity index (χ3v) is 4.28. The number of thiazole rings is 1. The normalized spacial score (nSPS) is 22.3. The van der Waals surface area contributed by atoms with Crippen LogP contribution in [0.25, 0.3) is 0 Å². The molecule has 0 spiro atoms. The Morgan fingerprint density at radius 1 is 1.62 bits per heavy atom. The van der Waals surface area contributed by atoms with Crippen LogP contribution in [0.15, 0.2) is 22.2 Å². The first kappa shape index (κ1) is 14.0. The fraction of sp³-hybridized carbons (Fsp3) is 0.462. The van der Waals surface area contributed by atoms with Gasteiger partial charge in [0, 0.05) is 30.7 Å². The number of nitrogens with zero attached hydrogens (tertiary/aromatic N) is 3. The van der Waals surface area contributed by atoms with Gasteiger partial charge in [0.15, 0.2) is 10.8 Å². The van der Waals surface area contributed by atoms with Gasteiger partial charge in [-0.2, -0.15) is 0 Å². The van der Waals surface area contributed by atoms with E-state index in [1.54, 1.807) is 30.5 Å². The van der Waals surface area contributed by atoms with Crippen molar-refractivity contribution in [3.8, 4) is 0 Å². The fourth-order valence-corrected chi connectivity index (χ4v) is 3.04. The summed E-state index contributed by atoms with van der Waals surface area (Å²) in [6.07, 6.45) is 1.76. The number of rotatable bonds is 3. The summed E-state index contributed by atoms with van der Waals surface area (Å²) in [5, 5.41) is 19.5. The second kappa shape index (κ2) is 5.82. The van der Waals surface area contributed by atoms with E-state index in [2.05, 4.69) is 15.5 Å². The first-order chi connectivity index (χ1) is 10.1. The zero-order chi connectivity index (χ0) is 14.8. The van der Waals surface area contributed by atoms with Gasteiger partial charge in [-0.15, -0.1) is 11.3 Å². The second-order valence-electron chi connectivity index (χ2n) is 5.02. The zero-order valence-corrected chi connectivity index (χ0v) is 12.3. The Balaban J connectivity index is 1.59. The molecular formula is C13H16N4O3S. The monoisotopic (exact) mass is 308 g/mol. The van der Waals surface area contributed by atoms with Crippen LogP contribution < -0.4 is 10.2 Å². The molecule has 2 atom stereocenters. The Morgan fingerprint density at radius 3 is 3.10 bits per heavy atom. The predicted octanol–water partition coefficient (Wildman–Crippen LogP) is 0.809. The summed E-state index contributed by atoms with van der Waals surface area (Å²) in [6.45, 7) is 2.93. The lowest BCUT2D eigenvalue weighted by Crippen LogP contribution is -2.54. The van der Waals surface area contributed by atoms with Gasteiger partial charge in [0.05, 0.1) is 12.1 Å². The highest BCUT2D eigenvalue weighted by Gasteiger charge is 2.30. The number of nitrogens with one attached hydrogen (secondary N) is 1. The van der Waals surface area contributed by atoms with Crippen molar-refractivity contribution in [1.29, 1.82) is 0 Å². The van der Waals surface area contributed by atoms with Crippen molar-refractivity contribution < 1.29 is 14.4 Å². The highest BCUT2D eigenvalue weighted by molar-refractivity contribution is 7.13. The number of hydrogen-bond donors (Lipinski definition) is 2. The molecule has 1 saturated heterocycles. The smallest absolute Gasteiger partial charge is 0.273 e. The van der Waals surface area contributed by atoms with E-state index in [9.17, 15) is 9.90 Å². The predicted molar refractivity (Wildman–Crippen MR) is 77.4 cm³/mol. The molecule has 112 valence electrons. The van der Waals surface area contributed by atoms with Gasteiger partial charge in [-0.1, -0.05) is 5.16 Å². The van der Waals surface area contributed by atoms with E-state index in [4.69, 9.17) is 4.52 Å². The average Bonchev–Trinajstić information content (AvgIpc) is 3.12. The van der Waals surface area contributed by atoms with Gasteiger partial charge in [-0.25, -0.2) is 4.98 Å². The Bertz CT molecular complexity index is 613. The molecule has 3 heterocycles. The fourth-order valence-electron chi connectivity index (χ4n) is 2.36. The first-order valence-electron chi connectivity index (χ1n) is 6.70. The maximum Gasteiger partial charge on any atom is 0.273 e. The molecule has 1 aliphatic rings. The lowest BCUT2D eigenvalue weighted by Gasteiger charge is -2.35. The molecular weight excluding hydrogens is 292 g/mol. The topological polar surface area (TPSA) is 91.5 Å². The van der Waals surface area contributed by atoms with Crippen molar-refractivity contribution in [2.24, 2.45) is 0 Å². The van der Waals surface area contributed by atoms with Crippen molar-refractivity contribution in [2.45, 2.75) is 25.5 Å². The van der Waals surface area contributed by atoms with Crippen LogP contribution in [0.1, 0.15) is 22.7 Å². The number of amides is 1. The highest BCUT2D eigenvalue weighted by atomic mass is 32.1. The number of hydrogen-bond acceptors (Lipinski definition) is 7. The maximum atomic E-state index is 12.0. The van der Waals surface area contributed by atoms with E-state index in [1.807, 2.05) is 10.3 Å². The van der Waals surface area contributed by atoms with Crippen LogP contribution in [0.5, 0.6) is 0 Å². The second-order valence-corrected chi connectivity index (χ2v) is 5.89. The largest absolute Gasteiger partial charge is 0.389 e. The summed E-state index contributed by atoms with van der Waals surface area (Å²) >= 11 is 1.54. The van der Waals surface area contributed by atoms with Crippen molar-refractivity contribution in [1.82, 2.24) is 15.5 Å². The van der Waals surface area contributed by atoms with E-state index in [0.717, 1.165) is 11.7 Å². The van der Waals surface area contributed by atoms with E-state index >= 15 is 0 Å². The minimum atomic E-state index is -0.639. The molecule has 0 bridgehead atoms. The number of piperidine rings is 1. The van der Waals surface area contributed by atoms with Gasteiger partial charge >= 0.3 is 0 Å². The molecule has 3 rings (SSSR count). The third kappa shape index (κ3) is 3.06. The lowest BCUT2D eigenvalue weighted by molar-refractivity contribution is 0.0790. The number of carbonyl (C=O) groups is 1. The van der Waals surface area contributed by atoms with Gasteiger partial charge < -0.3 is 19.8 Å². The highest BCUT2D eigenvalue weighted by Crippen LogP contribution is 2.22. The number of aliphatic hydroxyl groups is 1. The van der Waals surface area contributed by atoms with Gasteiger partial charge in [-0.3, -0.25) is 4.79 Å². The zero-order valence-electron chi connectivity index (χ0n) is 11.5. The van der Waals surface area contributed by atoms with Crippen molar-refractivity contribution in [3.63, 3.8) is 0 Å². The van der Waals surface area contributed by atoms with E-state index in [-0.39, 0.29) is 17.6 Å². The minimum absolute atomic E-state index is 0.238. The average molecular weight is 308 g/mol. The summed E-state index contributed by atoms with van der Waals surface area (Å²) in [5.74, 6) is 0.262.